The summed E-state index contributed by atoms with van der Waals surface area (Å²) in [7, 11) is 0. The Kier molecular flexibility index (Phi) is 6.19. The summed E-state index contributed by atoms with van der Waals surface area (Å²) in [4.78, 5) is 27.2. The molecule has 1 saturated heterocycles. The molecule has 0 atom stereocenters. The van der Waals surface area contributed by atoms with Crippen molar-refractivity contribution in [3.63, 3.8) is 0 Å². The van der Waals surface area contributed by atoms with Crippen LogP contribution in [0.3, 0.4) is 0 Å². The number of benzene rings is 2. The maximum Gasteiger partial charge on any atom is 0.260 e. The molecule has 1 aliphatic heterocycles. The molecule has 0 radical (unpaired) electrons. The van der Waals surface area contributed by atoms with E-state index in [1.165, 1.54) is 11.1 Å². The summed E-state index contributed by atoms with van der Waals surface area (Å²) in [6.45, 7) is 9.26. The molecule has 0 aliphatic carbocycles. The van der Waals surface area contributed by atoms with Gasteiger partial charge in [0.25, 0.3) is 5.91 Å². The number of rotatable bonds is 6. The molecule has 0 N–H and O–H groups in total. The number of hydrogen-bond acceptors (Lipinski definition) is 7. The molecule has 1 fully saturated rings. The number of morpholine rings is 1. The van der Waals surface area contributed by atoms with Crippen molar-refractivity contribution >= 4 is 54.1 Å². The second-order valence-electron chi connectivity index (χ2n) is 8.15. The molecule has 0 spiro atoms. The monoisotopic (exact) mass is 466 g/mol. The van der Waals surface area contributed by atoms with E-state index < -0.39 is 0 Å². The van der Waals surface area contributed by atoms with Crippen LogP contribution in [0.2, 0.25) is 0 Å². The van der Waals surface area contributed by atoms with Crippen molar-refractivity contribution in [1.29, 1.82) is 0 Å². The van der Waals surface area contributed by atoms with E-state index in [1.54, 1.807) is 22.7 Å². The van der Waals surface area contributed by atoms with Gasteiger partial charge in [0.2, 0.25) is 0 Å². The van der Waals surface area contributed by atoms with E-state index in [2.05, 4.69) is 35.9 Å². The molecule has 1 amide bonds. The highest BCUT2D eigenvalue weighted by Crippen LogP contribution is 2.33. The van der Waals surface area contributed by atoms with Crippen molar-refractivity contribution in [2.45, 2.75) is 20.3 Å². The number of thiazole rings is 2. The SMILES string of the molecule is Cc1ccc2sc(N(CCCN3CCOCC3)C(=O)c3ccc4ncsc4c3)nc2c1C. The highest BCUT2D eigenvalue weighted by atomic mass is 32.1. The van der Waals surface area contributed by atoms with Crippen molar-refractivity contribution in [2.75, 3.05) is 44.3 Å². The summed E-state index contributed by atoms with van der Waals surface area (Å²) in [5.41, 5.74) is 6.81. The number of anilines is 1. The summed E-state index contributed by atoms with van der Waals surface area (Å²) in [5.74, 6) is -0.00397. The van der Waals surface area contributed by atoms with Gasteiger partial charge >= 0.3 is 0 Å². The van der Waals surface area contributed by atoms with Crippen LogP contribution < -0.4 is 4.90 Å². The topological polar surface area (TPSA) is 58.6 Å². The highest BCUT2D eigenvalue weighted by molar-refractivity contribution is 7.22. The molecule has 2 aromatic heterocycles. The van der Waals surface area contributed by atoms with Crippen LogP contribution in [0.5, 0.6) is 0 Å². The molecule has 8 heteroatoms. The van der Waals surface area contributed by atoms with E-state index in [-0.39, 0.29) is 5.91 Å². The zero-order valence-electron chi connectivity index (χ0n) is 18.3. The fourth-order valence-corrected chi connectivity index (χ4v) is 5.80. The van der Waals surface area contributed by atoms with Crippen molar-refractivity contribution < 1.29 is 9.53 Å². The minimum Gasteiger partial charge on any atom is -0.379 e. The molecular formula is C24H26N4O2S2. The Balaban J connectivity index is 1.44. The van der Waals surface area contributed by atoms with Crippen LogP contribution in [0.1, 0.15) is 27.9 Å². The predicted molar refractivity (Wildman–Crippen MR) is 132 cm³/mol. The normalized spacial score (nSPS) is 14.9. The van der Waals surface area contributed by atoms with Crippen LogP contribution in [0.15, 0.2) is 35.8 Å². The molecule has 2 aromatic carbocycles. The quantitative estimate of drug-likeness (QED) is 0.405. The minimum atomic E-state index is -0.00397. The van der Waals surface area contributed by atoms with Gasteiger partial charge in [-0.05, 0) is 55.7 Å². The molecular weight excluding hydrogens is 440 g/mol. The van der Waals surface area contributed by atoms with E-state index in [4.69, 9.17) is 9.72 Å². The van der Waals surface area contributed by atoms with Gasteiger partial charge in [-0.15, -0.1) is 11.3 Å². The molecule has 3 heterocycles. The smallest absolute Gasteiger partial charge is 0.260 e. The number of carbonyl (C=O) groups excluding carboxylic acids is 1. The van der Waals surface area contributed by atoms with Gasteiger partial charge in [-0.3, -0.25) is 14.6 Å². The van der Waals surface area contributed by atoms with Gasteiger partial charge in [0.05, 0.1) is 39.2 Å². The Labute approximate surface area is 195 Å². The number of aryl methyl sites for hydroxylation is 2. The lowest BCUT2D eigenvalue weighted by molar-refractivity contribution is 0.0376. The van der Waals surface area contributed by atoms with Gasteiger partial charge in [0.1, 0.15) is 0 Å². The Morgan fingerprint density at radius 2 is 2.00 bits per heavy atom. The molecule has 0 unspecified atom stereocenters. The van der Waals surface area contributed by atoms with E-state index in [1.807, 2.05) is 28.6 Å². The summed E-state index contributed by atoms with van der Waals surface area (Å²) in [6, 6.07) is 9.99. The zero-order chi connectivity index (χ0) is 22.1. The van der Waals surface area contributed by atoms with Gasteiger partial charge in [-0.1, -0.05) is 17.4 Å². The Morgan fingerprint density at radius 1 is 1.16 bits per heavy atom. The molecule has 1 aliphatic rings. The fraction of sp³-hybridized carbons (Fsp3) is 0.375. The van der Waals surface area contributed by atoms with Crippen molar-refractivity contribution in [3.05, 3.63) is 52.5 Å². The van der Waals surface area contributed by atoms with E-state index >= 15 is 0 Å². The number of aromatic nitrogens is 2. The maximum absolute atomic E-state index is 13.7. The van der Waals surface area contributed by atoms with E-state index in [0.29, 0.717) is 12.1 Å². The molecule has 6 nitrogen and oxygen atoms in total. The van der Waals surface area contributed by atoms with Crippen LogP contribution in [-0.4, -0.2) is 60.2 Å². The van der Waals surface area contributed by atoms with Crippen LogP contribution in [-0.2, 0) is 4.74 Å². The predicted octanol–water partition coefficient (Wildman–Crippen LogP) is 4.89. The van der Waals surface area contributed by atoms with Crippen LogP contribution >= 0.6 is 22.7 Å². The summed E-state index contributed by atoms with van der Waals surface area (Å²) in [5, 5.41) is 0.769. The minimum absolute atomic E-state index is 0.00397. The fourth-order valence-electron chi connectivity index (χ4n) is 4.03. The summed E-state index contributed by atoms with van der Waals surface area (Å²) < 4.78 is 7.60. The molecule has 32 heavy (non-hydrogen) atoms. The number of hydrogen-bond donors (Lipinski definition) is 0. The van der Waals surface area contributed by atoms with E-state index in [0.717, 1.165) is 64.8 Å². The number of carbonyl (C=O) groups is 1. The maximum atomic E-state index is 13.7. The second-order valence-corrected chi connectivity index (χ2v) is 10.0. The molecule has 166 valence electrons. The average Bonchev–Trinajstić information content (AvgIpc) is 3.46. The first kappa shape index (κ1) is 21.5. The number of ether oxygens (including phenoxy) is 1. The average molecular weight is 467 g/mol. The van der Waals surface area contributed by atoms with Gasteiger partial charge < -0.3 is 4.74 Å². The second kappa shape index (κ2) is 9.23. The van der Waals surface area contributed by atoms with Crippen LogP contribution in [0.4, 0.5) is 5.13 Å². The van der Waals surface area contributed by atoms with Crippen LogP contribution in [0, 0.1) is 13.8 Å². The summed E-state index contributed by atoms with van der Waals surface area (Å²) in [6.07, 6.45) is 0.891. The molecule has 5 rings (SSSR count). The Bertz CT molecular complexity index is 1260. The lowest BCUT2D eigenvalue weighted by Gasteiger charge is -2.27. The zero-order valence-corrected chi connectivity index (χ0v) is 20.0. The first-order valence-electron chi connectivity index (χ1n) is 10.9. The van der Waals surface area contributed by atoms with Crippen molar-refractivity contribution in [1.82, 2.24) is 14.9 Å². The number of nitrogens with zero attached hydrogens (tertiary/aromatic N) is 4. The van der Waals surface area contributed by atoms with Crippen molar-refractivity contribution in [3.8, 4) is 0 Å². The first-order chi connectivity index (χ1) is 15.6. The lowest BCUT2D eigenvalue weighted by Crippen LogP contribution is -2.39. The van der Waals surface area contributed by atoms with E-state index in [9.17, 15) is 4.79 Å². The lowest BCUT2D eigenvalue weighted by atomic mass is 10.1. The first-order valence-corrected chi connectivity index (χ1v) is 12.6. The third-order valence-corrected chi connectivity index (χ3v) is 7.92. The standard InChI is InChI=1S/C24H26N4O2S2/c1-16-4-7-20-22(17(16)2)26-24(32-20)28(9-3-8-27-10-12-30-13-11-27)23(29)18-5-6-19-21(14-18)31-15-25-19/h4-7,14-15H,3,8-13H2,1-2H3. The van der Waals surface area contributed by atoms with Crippen molar-refractivity contribution in [2.24, 2.45) is 0 Å². The van der Waals surface area contributed by atoms with Gasteiger partial charge in [0.15, 0.2) is 5.13 Å². The van der Waals surface area contributed by atoms with Gasteiger partial charge in [-0.2, -0.15) is 0 Å². The molecule has 4 aromatic rings. The Morgan fingerprint density at radius 3 is 2.84 bits per heavy atom. The Hall–Kier alpha value is -2.39. The molecule has 0 saturated carbocycles. The summed E-state index contributed by atoms with van der Waals surface area (Å²) >= 11 is 3.15. The number of amides is 1. The van der Waals surface area contributed by atoms with Gasteiger partial charge in [-0.25, -0.2) is 9.97 Å². The third-order valence-electron chi connectivity index (χ3n) is 6.09. The third kappa shape index (κ3) is 4.28. The largest absolute Gasteiger partial charge is 0.379 e. The van der Waals surface area contributed by atoms with Crippen LogP contribution in [0.25, 0.3) is 20.4 Å². The molecule has 0 bridgehead atoms. The van der Waals surface area contributed by atoms with Gasteiger partial charge in [0, 0.05) is 31.7 Å². The number of fused-ring (bicyclic) bond motifs is 2. The highest BCUT2D eigenvalue weighted by Gasteiger charge is 2.23.